The second kappa shape index (κ2) is 3.51. The first-order valence-corrected chi connectivity index (χ1v) is 5.19. The number of hydrogen-bond donors (Lipinski definition) is 1. The van der Waals surface area contributed by atoms with Gasteiger partial charge in [-0.1, -0.05) is 0 Å². The molecule has 15 heavy (non-hydrogen) atoms. The summed E-state index contributed by atoms with van der Waals surface area (Å²) < 4.78 is 2.03. The number of imidazole rings is 1. The van der Waals surface area contributed by atoms with Crippen LogP contribution < -0.4 is 10.2 Å². The van der Waals surface area contributed by atoms with Crippen molar-refractivity contribution >= 4 is 11.6 Å². The van der Waals surface area contributed by atoms with E-state index in [0.29, 0.717) is 0 Å². The van der Waals surface area contributed by atoms with Gasteiger partial charge in [0.05, 0.1) is 0 Å². The fraction of sp³-hybridized carbons (Fsp3) is 0.400. The minimum Gasteiger partial charge on any atom is -0.339 e. The lowest BCUT2D eigenvalue weighted by molar-refractivity contribution is 0.577. The molecule has 0 bridgehead atoms. The zero-order chi connectivity index (χ0) is 10.1. The van der Waals surface area contributed by atoms with E-state index in [1.54, 1.807) is 0 Å². The summed E-state index contributed by atoms with van der Waals surface area (Å²) in [7, 11) is 0. The van der Waals surface area contributed by atoms with Crippen LogP contribution in [0, 0.1) is 0 Å². The summed E-state index contributed by atoms with van der Waals surface area (Å²) in [4.78, 5) is 11.0. The monoisotopic (exact) mass is 203 g/mol. The van der Waals surface area contributed by atoms with Crippen molar-refractivity contribution in [3.05, 3.63) is 24.7 Å². The van der Waals surface area contributed by atoms with E-state index in [0.717, 1.165) is 37.8 Å². The van der Waals surface area contributed by atoms with E-state index < -0.39 is 0 Å². The molecule has 5 heteroatoms. The van der Waals surface area contributed by atoms with Crippen LogP contribution in [0.5, 0.6) is 0 Å². The van der Waals surface area contributed by atoms with Gasteiger partial charge in [-0.2, -0.15) is 0 Å². The Bertz CT molecular complexity index is 458. The largest absolute Gasteiger partial charge is 0.339 e. The molecule has 3 heterocycles. The predicted molar refractivity (Wildman–Crippen MR) is 58.1 cm³/mol. The van der Waals surface area contributed by atoms with Crippen LogP contribution in [0.2, 0.25) is 0 Å². The second-order valence-corrected chi connectivity index (χ2v) is 3.64. The number of hydrogen-bond acceptors (Lipinski definition) is 4. The molecule has 2 aromatic heterocycles. The van der Waals surface area contributed by atoms with E-state index in [9.17, 15) is 0 Å². The van der Waals surface area contributed by atoms with Gasteiger partial charge in [0.2, 0.25) is 5.95 Å². The van der Waals surface area contributed by atoms with Gasteiger partial charge >= 0.3 is 0 Å². The predicted octanol–water partition coefficient (Wildman–Crippen LogP) is 0.139. The van der Waals surface area contributed by atoms with Gasteiger partial charge in [0.25, 0.3) is 0 Å². The van der Waals surface area contributed by atoms with Gasteiger partial charge in [-0.15, -0.1) is 0 Å². The molecular formula is C10H13N5. The zero-order valence-electron chi connectivity index (χ0n) is 8.43. The number of piperazine rings is 1. The van der Waals surface area contributed by atoms with Crippen LogP contribution in [-0.4, -0.2) is 40.5 Å². The van der Waals surface area contributed by atoms with Crippen molar-refractivity contribution in [1.82, 2.24) is 19.7 Å². The third-order valence-corrected chi connectivity index (χ3v) is 2.70. The number of rotatable bonds is 1. The molecule has 0 aliphatic carbocycles. The van der Waals surface area contributed by atoms with E-state index in [2.05, 4.69) is 20.2 Å². The highest BCUT2D eigenvalue weighted by Gasteiger charge is 2.14. The van der Waals surface area contributed by atoms with Crippen LogP contribution in [0.15, 0.2) is 24.7 Å². The van der Waals surface area contributed by atoms with Crippen molar-refractivity contribution in [2.75, 3.05) is 31.1 Å². The molecule has 0 saturated carbocycles. The van der Waals surface area contributed by atoms with Crippen LogP contribution in [0.1, 0.15) is 0 Å². The highest BCUT2D eigenvalue weighted by Crippen LogP contribution is 2.13. The lowest BCUT2D eigenvalue weighted by Gasteiger charge is -2.28. The molecule has 0 spiro atoms. The van der Waals surface area contributed by atoms with Crippen molar-refractivity contribution < 1.29 is 0 Å². The number of fused-ring (bicyclic) bond motifs is 1. The standard InChI is InChI=1S/C10H13N5/c1-2-13-10(14-6-3-11-4-7-14)15-8-5-12-9(1)15/h1-2,5,8,11H,3-4,6-7H2. The summed E-state index contributed by atoms with van der Waals surface area (Å²) in [5.41, 5.74) is 0.957. The SMILES string of the molecule is c1cc2nccn2c(N2CCNCC2)n1. The second-order valence-electron chi connectivity index (χ2n) is 3.64. The van der Waals surface area contributed by atoms with Crippen LogP contribution >= 0.6 is 0 Å². The van der Waals surface area contributed by atoms with Crippen LogP contribution in [0.4, 0.5) is 5.95 Å². The molecule has 0 unspecified atom stereocenters. The number of nitrogens with one attached hydrogen (secondary N) is 1. The first-order valence-electron chi connectivity index (χ1n) is 5.19. The van der Waals surface area contributed by atoms with Crippen LogP contribution in [-0.2, 0) is 0 Å². The van der Waals surface area contributed by atoms with Crippen molar-refractivity contribution in [2.24, 2.45) is 0 Å². The lowest BCUT2D eigenvalue weighted by atomic mass is 10.4. The highest BCUT2D eigenvalue weighted by atomic mass is 15.3. The normalized spacial score (nSPS) is 17.2. The minimum atomic E-state index is 0.957. The number of nitrogens with zero attached hydrogens (tertiary/aromatic N) is 4. The van der Waals surface area contributed by atoms with Crippen molar-refractivity contribution in [3.8, 4) is 0 Å². The fourth-order valence-electron chi connectivity index (χ4n) is 1.94. The Morgan fingerprint density at radius 3 is 2.87 bits per heavy atom. The summed E-state index contributed by atoms with van der Waals surface area (Å²) in [5.74, 6) is 0.992. The Hall–Kier alpha value is -1.62. The van der Waals surface area contributed by atoms with E-state index in [4.69, 9.17) is 0 Å². The maximum absolute atomic E-state index is 4.42. The van der Waals surface area contributed by atoms with E-state index in [1.807, 2.05) is 29.1 Å². The average molecular weight is 203 g/mol. The van der Waals surface area contributed by atoms with Crippen molar-refractivity contribution in [2.45, 2.75) is 0 Å². The van der Waals surface area contributed by atoms with Gasteiger partial charge < -0.3 is 10.2 Å². The van der Waals surface area contributed by atoms with E-state index >= 15 is 0 Å². The molecule has 1 fully saturated rings. The zero-order valence-corrected chi connectivity index (χ0v) is 8.43. The van der Waals surface area contributed by atoms with E-state index in [1.165, 1.54) is 0 Å². The maximum atomic E-state index is 4.42. The van der Waals surface area contributed by atoms with Gasteiger partial charge in [-0.3, -0.25) is 4.40 Å². The third-order valence-electron chi connectivity index (χ3n) is 2.70. The first kappa shape index (κ1) is 8.67. The molecule has 3 rings (SSSR count). The van der Waals surface area contributed by atoms with E-state index in [-0.39, 0.29) is 0 Å². The lowest BCUT2D eigenvalue weighted by Crippen LogP contribution is -2.44. The summed E-state index contributed by atoms with van der Waals surface area (Å²) in [5, 5.41) is 3.33. The van der Waals surface area contributed by atoms with Crippen molar-refractivity contribution in [3.63, 3.8) is 0 Å². The Morgan fingerprint density at radius 1 is 1.13 bits per heavy atom. The molecule has 5 nitrogen and oxygen atoms in total. The Kier molecular flexibility index (Phi) is 2.03. The summed E-state index contributed by atoms with van der Waals surface area (Å²) in [6.45, 7) is 4.05. The quantitative estimate of drug-likeness (QED) is 0.716. The smallest absolute Gasteiger partial charge is 0.211 e. The Morgan fingerprint density at radius 2 is 2.00 bits per heavy atom. The first-order chi connectivity index (χ1) is 7.45. The molecule has 1 aliphatic heterocycles. The summed E-state index contributed by atoms with van der Waals surface area (Å²) >= 11 is 0. The minimum absolute atomic E-state index is 0.957. The highest BCUT2D eigenvalue weighted by molar-refractivity contribution is 5.46. The number of anilines is 1. The Balaban J connectivity index is 2.05. The molecule has 1 N–H and O–H groups in total. The Labute approximate surface area is 87.8 Å². The van der Waals surface area contributed by atoms with Crippen molar-refractivity contribution in [1.29, 1.82) is 0 Å². The fourth-order valence-corrected chi connectivity index (χ4v) is 1.94. The third kappa shape index (κ3) is 1.45. The molecule has 0 radical (unpaired) electrons. The summed E-state index contributed by atoms with van der Waals surface area (Å²) in [6.07, 6.45) is 5.59. The van der Waals surface area contributed by atoms with Gasteiger partial charge in [0.1, 0.15) is 5.65 Å². The molecule has 1 saturated heterocycles. The molecule has 0 aromatic carbocycles. The van der Waals surface area contributed by atoms with Gasteiger partial charge in [0.15, 0.2) is 0 Å². The van der Waals surface area contributed by atoms with Gasteiger partial charge in [0, 0.05) is 44.8 Å². The van der Waals surface area contributed by atoms with Gasteiger partial charge in [-0.05, 0) is 6.07 Å². The van der Waals surface area contributed by atoms with Crippen LogP contribution in [0.25, 0.3) is 5.65 Å². The molecular weight excluding hydrogens is 190 g/mol. The topological polar surface area (TPSA) is 45.5 Å². The molecule has 0 atom stereocenters. The molecule has 2 aromatic rings. The molecule has 1 aliphatic rings. The van der Waals surface area contributed by atoms with Crippen LogP contribution in [0.3, 0.4) is 0 Å². The average Bonchev–Trinajstić information content (AvgIpc) is 2.78. The molecule has 0 amide bonds. The number of aromatic nitrogens is 3. The summed E-state index contributed by atoms with van der Waals surface area (Å²) in [6, 6.07) is 1.92. The molecule has 78 valence electrons. The van der Waals surface area contributed by atoms with Gasteiger partial charge in [-0.25, -0.2) is 9.97 Å². The maximum Gasteiger partial charge on any atom is 0.211 e.